The van der Waals surface area contributed by atoms with Crippen LogP contribution in [0.4, 0.5) is 10.1 Å². The van der Waals surface area contributed by atoms with Gasteiger partial charge < -0.3 is 5.32 Å². The maximum absolute atomic E-state index is 13.8. The van der Waals surface area contributed by atoms with Crippen molar-refractivity contribution >= 4 is 21.6 Å². The van der Waals surface area contributed by atoms with Crippen molar-refractivity contribution in [2.75, 3.05) is 11.3 Å². The van der Waals surface area contributed by atoms with Gasteiger partial charge in [-0.05, 0) is 49.2 Å². The predicted molar refractivity (Wildman–Crippen MR) is 108 cm³/mol. The van der Waals surface area contributed by atoms with Gasteiger partial charge in [0, 0.05) is 31.0 Å². The normalized spacial score (nSPS) is 11.2. The largest absolute Gasteiger partial charge is 0.352 e. The Morgan fingerprint density at radius 1 is 1.17 bits per heavy atom. The summed E-state index contributed by atoms with van der Waals surface area (Å²) in [6.45, 7) is 2.80. The number of carbonyl (C=O) groups is 1. The number of hydrogen-bond acceptors (Lipinski definition) is 4. The minimum atomic E-state index is -4.04. The summed E-state index contributed by atoms with van der Waals surface area (Å²) >= 11 is 0. The SMILES string of the molecule is Cc1ccc(S(=O)(=O)Nc2ccccc2F)cc1C(=O)NCCCn1cccn1. The zero-order valence-electron chi connectivity index (χ0n) is 15.8. The average Bonchev–Trinajstić information content (AvgIpc) is 3.20. The van der Waals surface area contributed by atoms with Crippen molar-refractivity contribution in [2.45, 2.75) is 24.8 Å². The van der Waals surface area contributed by atoms with Crippen LogP contribution in [0.3, 0.4) is 0 Å². The number of hydrogen-bond donors (Lipinski definition) is 2. The molecule has 3 rings (SSSR count). The number of benzene rings is 2. The van der Waals surface area contributed by atoms with Gasteiger partial charge in [-0.2, -0.15) is 5.10 Å². The molecule has 0 unspecified atom stereocenters. The topological polar surface area (TPSA) is 93.1 Å². The van der Waals surface area contributed by atoms with Crippen LogP contribution in [0.15, 0.2) is 65.8 Å². The molecule has 7 nitrogen and oxygen atoms in total. The van der Waals surface area contributed by atoms with E-state index in [1.165, 1.54) is 30.3 Å². The molecular formula is C20H21FN4O3S. The molecule has 0 radical (unpaired) electrons. The second-order valence-electron chi connectivity index (χ2n) is 6.44. The fraction of sp³-hybridized carbons (Fsp3) is 0.200. The lowest BCUT2D eigenvalue weighted by molar-refractivity contribution is 0.0951. The Morgan fingerprint density at radius 3 is 2.69 bits per heavy atom. The highest BCUT2D eigenvalue weighted by molar-refractivity contribution is 7.92. The second kappa shape index (κ2) is 8.87. The minimum Gasteiger partial charge on any atom is -0.352 e. The van der Waals surface area contributed by atoms with E-state index >= 15 is 0 Å². The van der Waals surface area contributed by atoms with Gasteiger partial charge in [0.2, 0.25) is 0 Å². The third-order valence-corrected chi connectivity index (χ3v) is 5.65. The Hall–Kier alpha value is -3.20. The molecule has 0 aliphatic carbocycles. The molecule has 3 aromatic rings. The summed E-state index contributed by atoms with van der Waals surface area (Å²) < 4.78 is 43.0. The van der Waals surface area contributed by atoms with Gasteiger partial charge in [0.05, 0.1) is 10.6 Å². The number of aryl methyl sites for hydroxylation is 2. The van der Waals surface area contributed by atoms with Crippen molar-refractivity contribution in [1.29, 1.82) is 0 Å². The number of rotatable bonds is 8. The van der Waals surface area contributed by atoms with Crippen LogP contribution < -0.4 is 10.0 Å². The molecular weight excluding hydrogens is 395 g/mol. The Bertz CT molecular complexity index is 1100. The van der Waals surface area contributed by atoms with Crippen molar-refractivity contribution in [1.82, 2.24) is 15.1 Å². The van der Waals surface area contributed by atoms with E-state index in [4.69, 9.17) is 0 Å². The number of sulfonamides is 1. The summed E-state index contributed by atoms with van der Waals surface area (Å²) in [5.41, 5.74) is 0.734. The first-order chi connectivity index (χ1) is 13.9. The van der Waals surface area contributed by atoms with Crippen molar-refractivity contribution in [3.05, 3.63) is 77.9 Å². The fourth-order valence-corrected chi connectivity index (χ4v) is 3.82. The van der Waals surface area contributed by atoms with Crippen LogP contribution in [0.2, 0.25) is 0 Å². The fourth-order valence-electron chi connectivity index (χ4n) is 2.73. The van der Waals surface area contributed by atoms with E-state index in [2.05, 4.69) is 15.1 Å². The number of para-hydroxylation sites is 1. The zero-order valence-corrected chi connectivity index (χ0v) is 16.6. The van der Waals surface area contributed by atoms with Gasteiger partial charge in [-0.1, -0.05) is 18.2 Å². The number of halogens is 1. The van der Waals surface area contributed by atoms with Crippen LogP contribution in [0.5, 0.6) is 0 Å². The predicted octanol–water partition coefficient (Wildman–Crippen LogP) is 2.95. The van der Waals surface area contributed by atoms with Crippen LogP contribution in [0.25, 0.3) is 0 Å². The Kier molecular flexibility index (Phi) is 6.28. The molecule has 29 heavy (non-hydrogen) atoms. The van der Waals surface area contributed by atoms with Crippen molar-refractivity contribution in [3.8, 4) is 0 Å². The van der Waals surface area contributed by atoms with Crippen LogP contribution in [-0.2, 0) is 16.6 Å². The van der Waals surface area contributed by atoms with Crippen LogP contribution in [-0.4, -0.2) is 30.7 Å². The highest BCUT2D eigenvalue weighted by atomic mass is 32.2. The Labute approximate surface area is 168 Å². The number of anilines is 1. The first-order valence-corrected chi connectivity index (χ1v) is 10.5. The summed E-state index contributed by atoms with van der Waals surface area (Å²) in [6, 6.07) is 11.5. The third kappa shape index (κ3) is 5.20. The maximum Gasteiger partial charge on any atom is 0.262 e. The van der Waals surface area contributed by atoms with E-state index in [1.54, 1.807) is 23.9 Å². The molecule has 0 saturated carbocycles. The third-order valence-electron chi connectivity index (χ3n) is 4.29. The first kappa shape index (κ1) is 20.5. The lowest BCUT2D eigenvalue weighted by atomic mass is 10.1. The van der Waals surface area contributed by atoms with Gasteiger partial charge >= 0.3 is 0 Å². The quantitative estimate of drug-likeness (QED) is 0.552. The van der Waals surface area contributed by atoms with Gasteiger partial charge in [0.15, 0.2) is 0 Å². The van der Waals surface area contributed by atoms with E-state index in [-0.39, 0.29) is 22.1 Å². The van der Waals surface area contributed by atoms with Crippen molar-refractivity contribution in [3.63, 3.8) is 0 Å². The van der Waals surface area contributed by atoms with E-state index in [0.717, 1.165) is 6.07 Å². The summed E-state index contributed by atoms with van der Waals surface area (Å²) in [5, 5.41) is 6.87. The highest BCUT2D eigenvalue weighted by Gasteiger charge is 2.19. The van der Waals surface area contributed by atoms with Crippen LogP contribution in [0.1, 0.15) is 22.3 Å². The molecule has 1 amide bonds. The van der Waals surface area contributed by atoms with Gasteiger partial charge in [-0.25, -0.2) is 12.8 Å². The van der Waals surface area contributed by atoms with Gasteiger partial charge in [0.25, 0.3) is 15.9 Å². The summed E-state index contributed by atoms with van der Waals surface area (Å²) in [7, 11) is -4.04. The summed E-state index contributed by atoms with van der Waals surface area (Å²) in [5.74, 6) is -1.05. The molecule has 0 spiro atoms. The summed E-state index contributed by atoms with van der Waals surface area (Å²) in [6.07, 6.45) is 4.20. The maximum atomic E-state index is 13.8. The number of carbonyl (C=O) groups excluding carboxylic acids is 1. The minimum absolute atomic E-state index is 0.118. The number of aromatic nitrogens is 2. The molecule has 0 bridgehead atoms. The van der Waals surface area contributed by atoms with E-state index in [9.17, 15) is 17.6 Å². The number of nitrogens with one attached hydrogen (secondary N) is 2. The standard InChI is InChI=1S/C20H21FN4O3S/c1-15-8-9-16(29(27,28)24-19-7-3-2-6-18(19)21)14-17(15)20(26)22-10-4-12-25-13-5-11-23-25/h2-3,5-9,11,13-14,24H,4,10,12H2,1H3,(H,22,26). The second-order valence-corrected chi connectivity index (χ2v) is 8.12. The molecule has 2 aromatic carbocycles. The summed E-state index contributed by atoms with van der Waals surface area (Å²) in [4.78, 5) is 12.4. The van der Waals surface area contributed by atoms with Gasteiger partial charge in [-0.15, -0.1) is 0 Å². The zero-order chi connectivity index (χ0) is 20.9. The molecule has 0 aliphatic heterocycles. The van der Waals surface area contributed by atoms with Crippen LogP contribution >= 0.6 is 0 Å². The molecule has 2 N–H and O–H groups in total. The average molecular weight is 416 g/mol. The molecule has 152 valence electrons. The highest BCUT2D eigenvalue weighted by Crippen LogP contribution is 2.21. The molecule has 0 atom stereocenters. The molecule has 0 fully saturated rings. The van der Waals surface area contributed by atoms with Crippen molar-refractivity contribution in [2.24, 2.45) is 0 Å². The molecule has 9 heteroatoms. The smallest absolute Gasteiger partial charge is 0.262 e. The number of nitrogens with zero attached hydrogens (tertiary/aromatic N) is 2. The van der Waals surface area contributed by atoms with Crippen LogP contribution in [0, 0.1) is 12.7 Å². The number of amides is 1. The Morgan fingerprint density at radius 2 is 1.97 bits per heavy atom. The van der Waals surface area contributed by atoms with Crippen molar-refractivity contribution < 1.29 is 17.6 Å². The molecule has 1 heterocycles. The van der Waals surface area contributed by atoms with E-state index in [0.29, 0.717) is 25.1 Å². The monoisotopic (exact) mass is 416 g/mol. The molecule has 1 aromatic heterocycles. The lowest BCUT2D eigenvalue weighted by Crippen LogP contribution is -2.26. The van der Waals surface area contributed by atoms with Gasteiger partial charge in [0.1, 0.15) is 5.82 Å². The van der Waals surface area contributed by atoms with E-state index in [1.807, 2.05) is 12.3 Å². The molecule has 0 saturated heterocycles. The lowest BCUT2D eigenvalue weighted by Gasteiger charge is -2.12. The van der Waals surface area contributed by atoms with Gasteiger partial charge in [-0.3, -0.25) is 14.2 Å². The molecule has 0 aliphatic rings. The van der Waals surface area contributed by atoms with E-state index < -0.39 is 15.8 Å². The Balaban J connectivity index is 1.69. The first-order valence-electron chi connectivity index (χ1n) is 9.00.